The van der Waals surface area contributed by atoms with Crippen LogP contribution in [0.5, 0.6) is 0 Å². The molecule has 3 rings (SSSR count). The van der Waals surface area contributed by atoms with Crippen molar-refractivity contribution in [1.82, 2.24) is 4.90 Å². The topological polar surface area (TPSA) is 3.24 Å². The second kappa shape index (κ2) is 5.56. The lowest BCUT2D eigenvalue weighted by atomic mass is 9.82. The maximum Gasteiger partial charge on any atom is 0.0180 e. The quantitative estimate of drug-likeness (QED) is 0.707. The van der Waals surface area contributed by atoms with Gasteiger partial charge in [-0.1, -0.05) is 31.2 Å². The van der Waals surface area contributed by atoms with Crippen molar-refractivity contribution < 1.29 is 0 Å². The molecule has 3 aliphatic rings. The highest BCUT2D eigenvalue weighted by molar-refractivity contribution is 5.32. The molecular formula is C18H27N. The van der Waals surface area contributed by atoms with E-state index in [9.17, 15) is 0 Å². The van der Waals surface area contributed by atoms with E-state index < -0.39 is 0 Å². The monoisotopic (exact) mass is 257 g/mol. The van der Waals surface area contributed by atoms with Crippen LogP contribution in [0.2, 0.25) is 0 Å². The van der Waals surface area contributed by atoms with Crippen LogP contribution < -0.4 is 0 Å². The van der Waals surface area contributed by atoms with Crippen molar-refractivity contribution in [2.24, 2.45) is 11.8 Å². The zero-order valence-electron chi connectivity index (χ0n) is 12.3. The molecule has 1 saturated heterocycles. The summed E-state index contributed by atoms with van der Waals surface area (Å²) in [6, 6.07) is 0. The maximum atomic E-state index is 4.31. The van der Waals surface area contributed by atoms with Crippen LogP contribution in [0.25, 0.3) is 0 Å². The number of rotatable bonds is 4. The third kappa shape index (κ3) is 2.80. The molecular weight excluding hydrogens is 230 g/mol. The van der Waals surface area contributed by atoms with Gasteiger partial charge in [-0.15, -0.1) is 0 Å². The summed E-state index contributed by atoms with van der Waals surface area (Å²) in [7, 11) is 0. The van der Waals surface area contributed by atoms with Gasteiger partial charge in [0.2, 0.25) is 0 Å². The fraction of sp³-hybridized carbons (Fsp3) is 0.667. The lowest BCUT2D eigenvalue weighted by Gasteiger charge is -2.36. The van der Waals surface area contributed by atoms with Gasteiger partial charge in [-0.25, -0.2) is 0 Å². The van der Waals surface area contributed by atoms with Crippen LogP contribution in [0.1, 0.15) is 51.9 Å². The van der Waals surface area contributed by atoms with Crippen molar-refractivity contribution in [2.75, 3.05) is 13.1 Å². The van der Waals surface area contributed by atoms with Crippen LogP contribution in [0.15, 0.2) is 35.6 Å². The first kappa shape index (κ1) is 13.0. The average molecular weight is 257 g/mol. The van der Waals surface area contributed by atoms with Crippen molar-refractivity contribution in [3.8, 4) is 0 Å². The molecule has 1 aliphatic heterocycles. The summed E-state index contributed by atoms with van der Waals surface area (Å²) in [5.74, 6) is 1.64. The highest BCUT2D eigenvalue weighted by Crippen LogP contribution is 2.40. The predicted molar refractivity (Wildman–Crippen MR) is 81.9 cm³/mol. The summed E-state index contributed by atoms with van der Waals surface area (Å²) in [6.07, 6.45) is 14.0. The number of likely N-dealkylation sites (tertiary alicyclic amines) is 1. The van der Waals surface area contributed by atoms with Gasteiger partial charge >= 0.3 is 0 Å². The molecule has 0 aromatic heterocycles. The van der Waals surface area contributed by atoms with Crippen LogP contribution in [-0.2, 0) is 0 Å². The number of hydrogen-bond acceptors (Lipinski definition) is 1. The van der Waals surface area contributed by atoms with Gasteiger partial charge in [-0.3, -0.25) is 0 Å². The van der Waals surface area contributed by atoms with Crippen LogP contribution >= 0.6 is 0 Å². The number of allylic oxidation sites excluding steroid dienone is 5. The van der Waals surface area contributed by atoms with Crippen LogP contribution in [0.3, 0.4) is 0 Å². The number of hydrogen-bond donors (Lipinski definition) is 0. The predicted octanol–water partition coefficient (Wildman–Crippen LogP) is 4.68. The second-order valence-corrected chi connectivity index (χ2v) is 6.38. The van der Waals surface area contributed by atoms with Gasteiger partial charge in [-0.05, 0) is 62.4 Å². The summed E-state index contributed by atoms with van der Waals surface area (Å²) < 4.78 is 0. The maximum absolute atomic E-state index is 4.31. The number of nitrogens with zero attached hydrogens (tertiary/aromatic N) is 1. The van der Waals surface area contributed by atoms with Crippen molar-refractivity contribution >= 4 is 0 Å². The van der Waals surface area contributed by atoms with E-state index in [-0.39, 0.29) is 0 Å². The summed E-state index contributed by atoms with van der Waals surface area (Å²) in [6.45, 7) is 9.09. The van der Waals surface area contributed by atoms with Gasteiger partial charge < -0.3 is 4.90 Å². The summed E-state index contributed by atoms with van der Waals surface area (Å²) >= 11 is 0. The minimum atomic E-state index is 0.815. The Balaban J connectivity index is 1.61. The fourth-order valence-electron chi connectivity index (χ4n) is 3.69. The molecule has 1 saturated carbocycles. The van der Waals surface area contributed by atoms with Gasteiger partial charge in [0.15, 0.2) is 0 Å². The standard InChI is InChI=1S/C18H27N/c1-3-15-6-4-5-7-18(15)17-10-12-19(13-11-17)14(2)16-8-9-16/h5,7,16-17H,2-4,6,8-13H2,1H3. The van der Waals surface area contributed by atoms with E-state index in [0.717, 1.165) is 11.8 Å². The van der Waals surface area contributed by atoms with Crippen molar-refractivity contribution in [2.45, 2.75) is 51.9 Å². The molecule has 1 heteroatoms. The molecule has 0 spiro atoms. The highest BCUT2D eigenvalue weighted by atomic mass is 15.1. The fourth-order valence-corrected chi connectivity index (χ4v) is 3.69. The van der Waals surface area contributed by atoms with E-state index in [1.165, 1.54) is 63.7 Å². The van der Waals surface area contributed by atoms with E-state index in [2.05, 4.69) is 30.6 Å². The molecule has 0 N–H and O–H groups in total. The molecule has 19 heavy (non-hydrogen) atoms. The van der Waals surface area contributed by atoms with Crippen LogP contribution in [-0.4, -0.2) is 18.0 Å². The highest BCUT2D eigenvalue weighted by Gasteiger charge is 2.31. The van der Waals surface area contributed by atoms with E-state index in [4.69, 9.17) is 0 Å². The molecule has 0 radical (unpaired) electrons. The second-order valence-electron chi connectivity index (χ2n) is 6.38. The average Bonchev–Trinajstić information content (AvgIpc) is 3.31. The van der Waals surface area contributed by atoms with E-state index >= 15 is 0 Å². The van der Waals surface area contributed by atoms with Gasteiger partial charge in [0.05, 0.1) is 0 Å². The third-order valence-electron chi connectivity index (χ3n) is 5.13. The zero-order valence-corrected chi connectivity index (χ0v) is 12.3. The molecule has 0 amide bonds. The van der Waals surface area contributed by atoms with Crippen molar-refractivity contribution in [1.29, 1.82) is 0 Å². The molecule has 0 bridgehead atoms. The largest absolute Gasteiger partial charge is 0.375 e. The van der Waals surface area contributed by atoms with Crippen molar-refractivity contribution in [3.05, 3.63) is 35.6 Å². The van der Waals surface area contributed by atoms with Crippen LogP contribution in [0.4, 0.5) is 0 Å². The molecule has 0 unspecified atom stereocenters. The normalized spacial score (nSPS) is 25.0. The molecule has 1 nitrogen and oxygen atoms in total. The van der Waals surface area contributed by atoms with Gasteiger partial charge in [0.1, 0.15) is 0 Å². The van der Waals surface area contributed by atoms with Gasteiger partial charge in [0.25, 0.3) is 0 Å². The third-order valence-corrected chi connectivity index (χ3v) is 5.13. The molecule has 104 valence electrons. The molecule has 2 fully saturated rings. The lowest BCUT2D eigenvalue weighted by molar-refractivity contribution is 0.237. The van der Waals surface area contributed by atoms with Gasteiger partial charge in [-0.2, -0.15) is 0 Å². The summed E-state index contributed by atoms with van der Waals surface area (Å²) in [5, 5.41) is 0. The summed E-state index contributed by atoms with van der Waals surface area (Å²) in [5.41, 5.74) is 4.84. The molecule has 1 heterocycles. The molecule has 2 aliphatic carbocycles. The van der Waals surface area contributed by atoms with E-state index in [1.807, 2.05) is 0 Å². The Bertz CT molecular complexity index is 403. The van der Waals surface area contributed by atoms with E-state index in [0.29, 0.717) is 0 Å². The van der Waals surface area contributed by atoms with Crippen LogP contribution in [0, 0.1) is 11.8 Å². The smallest absolute Gasteiger partial charge is 0.0180 e. The Kier molecular flexibility index (Phi) is 3.81. The molecule has 0 aromatic rings. The van der Waals surface area contributed by atoms with Gasteiger partial charge in [0, 0.05) is 18.8 Å². The first-order valence-electron chi connectivity index (χ1n) is 8.11. The minimum absolute atomic E-state index is 0.815. The Labute approximate surface area is 118 Å². The SMILES string of the molecule is C=C(C1CC1)N1CCC(C2=C(CC)CCC=C2)CC1. The first-order chi connectivity index (χ1) is 9.29. The Morgan fingerprint density at radius 1 is 1.26 bits per heavy atom. The Hall–Kier alpha value is -0.980. The first-order valence-corrected chi connectivity index (χ1v) is 8.11. The number of piperidine rings is 1. The van der Waals surface area contributed by atoms with E-state index in [1.54, 1.807) is 11.1 Å². The molecule has 0 aromatic carbocycles. The molecule has 0 atom stereocenters. The Morgan fingerprint density at radius 3 is 2.63 bits per heavy atom. The minimum Gasteiger partial charge on any atom is -0.375 e. The Morgan fingerprint density at radius 2 is 2.00 bits per heavy atom. The van der Waals surface area contributed by atoms with Crippen molar-refractivity contribution in [3.63, 3.8) is 0 Å². The lowest BCUT2D eigenvalue weighted by Crippen LogP contribution is -2.34. The summed E-state index contributed by atoms with van der Waals surface area (Å²) in [4.78, 5) is 2.56. The zero-order chi connectivity index (χ0) is 13.2.